The van der Waals surface area contributed by atoms with Crippen molar-refractivity contribution < 1.29 is 9.53 Å². The highest BCUT2D eigenvalue weighted by Gasteiger charge is 2.12. The minimum absolute atomic E-state index is 0.00371. The van der Waals surface area contributed by atoms with Gasteiger partial charge < -0.3 is 10.1 Å². The van der Waals surface area contributed by atoms with Gasteiger partial charge in [0.2, 0.25) is 5.91 Å². The first-order chi connectivity index (χ1) is 11.3. The van der Waals surface area contributed by atoms with E-state index in [0.717, 1.165) is 15.9 Å². The van der Waals surface area contributed by atoms with Crippen LogP contribution in [0.15, 0.2) is 53.0 Å². The molecule has 0 atom stereocenters. The van der Waals surface area contributed by atoms with Crippen LogP contribution < -0.4 is 10.1 Å². The van der Waals surface area contributed by atoms with Crippen LogP contribution in [-0.4, -0.2) is 12.5 Å². The van der Waals surface area contributed by atoms with Crippen molar-refractivity contribution in [2.45, 2.75) is 39.0 Å². The lowest BCUT2D eigenvalue weighted by Crippen LogP contribution is -2.13. The number of amides is 1. The first-order valence-corrected chi connectivity index (χ1v) is 8.93. The fraction of sp³-hybridized carbons (Fsp3) is 0.350. The van der Waals surface area contributed by atoms with Crippen LogP contribution in [0.25, 0.3) is 0 Å². The zero-order valence-electron chi connectivity index (χ0n) is 14.4. The molecule has 2 rings (SSSR count). The lowest BCUT2D eigenvalue weighted by Gasteiger charge is -2.19. The first-order valence-electron chi connectivity index (χ1n) is 8.13. The molecule has 4 heteroatoms. The fourth-order valence-electron chi connectivity index (χ4n) is 2.23. The van der Waals surface area contributed by atoms with Crippen molar-refractivity contribution in [1.82, 2.24) is 0 Å². The van der Waals surface area contributed by atoms with E-state index in [1.807, 2.05) is 36.4 Å². The Hall–Kier alpha value is -1.81. The van der Waals surface area contributed by atoms with Gasteiger partial charge in [-0.3, -0.25) is 4.79 Å². The van der Waals surface area contributed by atoms with Gasteiger partial charge in [-0.05, 0) is 53.8 Å². The van der Waals surface area contributed by atoms with Gasteiger partial charge in [0.15, 0.2) is 0 Å². The molecule has 2 aromatic rings. The van der Waals surface area contributed by atoms with E-state index < -0.39 is 0 Å². The molecule has 24 heavy (non-hydrogen) atoms. The molecule has 1 N–H and O–H groups in total. The Balaban J connectivity index is 1.70. The summed E-state index contributed by atoms with van der Waals surface area (Å²) in [6, 6.07) is 15.7. The second-order valence-electron chi connectivity index (χ2n) is 6.78. The highest BCUT2D eigenvalue weighted by atomic mass is 79.9. The molecule has 0 saturated carbocycles. The van der Waals surface area contributed by atoms with Gasteiger partial charge in [0.25, 0.3) is 0 Å². The van der Waals surface area contributed by atoms with Crippen LogP contribution in [0.4, 0.5) is 5.69 Å². The maximum atomic E-state index is 11.9. The summed E-state index contributed by atoms with van der Waals surface area (Å²) in [7, 11) is 0. The number of carbonyl (C=O) groups excluding carboxylic acids is 1. The van der Waals surface area contributed by atoms with E-state index in [1.165, 1.54) is 5.56 Å². The van der Waals surface area contributed by atoms with Crippen LogP contribution in [0.2, 0.25) is 0 Å². The molecule has 1 amide bonds. The zero-order valence-corrected chi connectivity index (χ0v) is 16.0. The average molecular weight is 390 g/mol. The number of rotatable bonds is 6. The molecule has 0 heterocycles. The van der Waals surface area contributed by atoms with E-state index in [1.54, 1.807) is 0 Å². The molecule has 3 nitrogen and oxygen atoms in total. The van der Waals surface area contributed by atoms with Crippen molar-refractivity contribution in [1.29, 1.82) is 0 Å². The van der Waals surface area contributed by atoms with Gasteiger partial charge in [0, 0.05) is 16.6 Å². The molecule has 0 radical (unpaired) electrons. The maximum Gasteiger partial charge on any atom is 0.224 e. The molecule has 0 bridgehead atoms. The standard InChI is InChI=1S/C20H24BrNO2/c1-20(2,3)15-6-12-18(13-7-15)24-14-4-5-19(23)22-17-10-8-16(21)9-11-17/h6-13H,4-5,14H2,1-3H3,(H,22,23). The highest BCUT2D eigenvalue weighted by Crippen LogP contribution is 2.24. The smallest absolute Gasteiger partial charge is 0.224 e. The summed E-state index contributed by atoms with van der Waals surface area (Å²) in [5.41, 5.74) is 2.23. The molecule has 0 aliphatic heterocycles. The molecule has 0 aliphatic rings. The quantitative estimate of drug-likeness (QED) is 0.658. The molecule has 0 fully saturated rings. The van der Waals surface area contributed by atoms with E-state index in [4.69, 9.17) is 4.74 Å². The fourth-order valence-corrected chi connectivity index (χ4v) is 2.49. The Morgan fingerprint density at radius 1 is 1.04 bits per heavy atom. The Morgan fingerprint density at radius 3 is 2.25 bits per heavy atom. The summed E-state index contributed by atoms with van der Waals surface area (Å²) in [5.74, 6) is 0.848. The molecular weight excluding hydrogens is 366 g/mol. The second-order valence-corrected chi connectivity index (χ2v) is 7.70. The van der Waals surface area contributed by atoms with Crippen LogP contribution in [0.3, 0.4) is 0 Å². The molecule has 0 aliphatic carbocycles. The number of nitrogens with one attached hydrogen (secondary N) is 1. The van der Waals surface area contributed by atoms with Crippen LogP contribution in [-0.2, 0) is 10.2 Å². The van der Waals surface area contributed by atoms with Crippen molar-refractivity contribution >= 4 is 27.5 Å². The topological polar surface area (TPSA) is 38.3 Å². The van der Waals surface area contributed by atoms with Gasteiger partial charge in [-0.15, -0.1) is 0 Å². The third-order valence-corrected chi connectivity index (χ3v) is 4.19. The minimum Gasteiger partial charge on any atom is -0.494 e. The predicted octanol–water partition coefficient (Wildman–Crippen LogP) is 5.54. The second kappa shape index (κ2) is 8.34. The van der Waals surface area contributed by atoms with E-state index >= 15 is 0 Å². The lowest BCUT2D eigenvalue weighted by molar-refractivity contribution is -0.116. The zero-order chi connectivity index (χ0) is 17.6. The minimum atomic E-state index is 0.00371. The largest absolute Gasteiger partial charge is 0.494 e. The summed E-state index contributed by atoms with van der Waals surface area (Å²) >= 11 is 3.37. The van der Waals surface area contributed by atoms with Crippen molar-refractivity contribution in [3.8, 4) is 5.75 Å². The summed E-state index contributed by atoms with van der Waals surface area (Å²) < 4.78 is 6.70. The van der Waals surface area contributed by atoms with Crippen molar-refractivity contribution in [2.75, 3.05) is 11.9 Å². The summed E-state index contributed by atoms with van der Waals surface area (Å²) in [5, 5.41) is 2.88. The van der Waals surface area contributed by atoms with E-state index in [2.05, 4.69) is 54.2 Å². The molecule has 128 valence electrons. The Labute approximate surface area is 152 Å². The third kappa shape index (κ3) is 6.00. The summed E-state index contributed by atoms with van der Waals surface area (Å²) in [6.07, 6.45) is 1.12. The molecule has 0 saturated heterocycles. The Bertz CT molecular complexity index is 658. The predicted molar refractivity (Wildman–Crippen MR) is 103 cm³/mol. The van der Waals surface area contributed by atoms with Crippen LogP contribution in [0.5, 0.6) is 5.75 Å². The monoisotopic (exact) mass is 389 g/mol. The van der Waals surface area contributed by atoms with Gasteiger partial charge in [0.05, 0.1) is 6.61 Å². The maximum absolute atomic E-state index is 11.9. The molecule has 0 spiro atoms. The highest BCUT2D eigenvalue weighted by molar-refractivity contribution is 9.10. The van der Waals surface area contributed by atoms with Crippen LogP contribution >= 0.6 is 15.9 Å². The number of hydrogen-bond donors (Lipinski definition) is 1. The molecular formula is C20H24BrNO2. The molecule has 0 aromatic heterocycles. The van der Waals surface area contributed by atoms with Gasteiger partial charge in [-0.1, -0.05) is 48.8 Å². The number of hydrogen-bond acceptors (Lipinski definition) is 2. The van der Waals surface area contributed by atoms with Crippen molar-refractivity contribution in [2.24, 2.45) is 0 Å². The average Bonchev–Trinajstić information content (AvgIpc) is 2.53. The third-order valence-electron chi connectivity index (χ3n) is 3.67. The Kier molecular flexibility index (Phi) is 6.44. The Morgan fingerprint density at radius 2 is 1.67 bits per heavy atom. The SMILES string of the molecule is CC(C)(C)c1ccc(OCCCC(=O)Nc2ccc(Br)cc2)cc1. The van der Waals surface area contributed by atoms with Gasteiger partial charge in [0.1, 0.15) is 5.75 Å². The van der Waals surface area contributed by atoms with E-state index in [9.17, 15) is 4.79 Å². The van der Waals surface area contributed by atoms with Gasteiger partial charge >= 0.3 is 0 Å². The normalized spacial score (nSPS) is 11.2. The first kappa shape index (κ1) is 18.5. The molecule has 2 aromatic carbocycles. The van der Waals surface area contributed by atoms with Crippen LogP contribution in [0.1, 0.15) is 39.2 Å². The van der Waals surface area contributed by atoms with Crippen molar-refractivity contribution in [3.63, 3.8) is 0 Å². The van der Waals surface area contributed by atoms with Gasteiger partial charge in [-0.2, -0.15) is 0 Å². The number of anilines is 1. The van der Waals surface area contributed by atoms with E-state index in [0.29, 0.717) is 19.4 Å². The summed E-state index contributed by atoms with van der Waals surface area (Å²) in [4.78, 5) is 11.9. The number of carbonyl (C=O) groups is 1. The summed E-state index contributed by atoms with van der Waals surface area (Å²) in [6.45, 7) is 7.09. The number of benzene rings is 2. The number of ether oxygens (including phenoxy) is 1. The molecule has 0 unspecified atom stereocenters. The van der Waals surface area contributed by atoms with Gasteiger partial charge in [-0.25, -0.2) is 0 Å². The number of halogens is 1. The van der Waals surface area contributed by atoms with Crippen LogP contribution in [0, 0.1) is 0 Å². The van der Waals surface area contributed by atoms with E-state index in [-0.39, 0.29) is 11.3 Å². The lowest BCUT2D eigenvalue weighted by atomic mass is 9.87. The van der Waals surface area contributed by atoms with Crippen molar-refractivity contribution in [3.05, 3.63) is 58.6 Å².